The van der Waals surface area contributed by atoms with Crippen LogP contribution in [0.15, 0.2) is 109 Å². The Hall–Kier alpha value is -3.93. The second-order valence-corrected chi connectivity index (χ2v) is 16.2. The van der Waals surface area contributed by atoms with E-state index in [1.165, 1.54) is 70.6 Å². The lowest BCUT2D eigenvalue weighted by molar-refractivity contribution is -0.167. The fraction of sp³-hybridized carbons (Fsp3) is 0.625. The van der Waals surface area contributed by atoms with Gasteiger partial charge in [-0.1, -0.05) is 214 Å². The zero-order valence-electron chi connectivity index (χ0n) is 39.8. The molecule has 0 radical (unpaired) electrons. The SMILES string of the molecule is CC\C=C/C=C\C=C/C=C\C=C/CCCC(=O)OC(COC(=O)CCCCC/C=C\CCCCCCCC)COC(=O)CCCCCCC\C=C/C=C\C=C/CCCCCCC. The number of hydrogen-bond donors (Lipinski definition) is 0. The first-order chi connectivity index (χ1) is 30.5. The van der Waals surface area contributed by atoms with Gasteiger partial charge >= 0.3 is 17.9 Å². The number of carbonyl (C=O) groups is 3. The summed E-state index contributed by atoms with van der Waals surface area (Å²) in [4.78, 5) is 37.9. The molecule has 0 fully saturated rings. The van der Waals surface area contributed by atoms with Crippen molar-refractivity contribution in [3.8, 4) is 0 Å². The molecular formula is C56H90O6. The van der Waals surface area contributed by atoms with Gasteiger partial charge in [0, 0.05) is 19.3 Å². The van der Waals surface area contributed by atoms with E-state index in [0.29, 0.717) is 19.3 Å². The van der Waals surface area contributed by atoms with E-state index >= 15 is 0 Å². The topological polar surface area (TPSA) is 78.9 Å². The van der Waals surface area contributed by atoms with Crippen LogP contribution in [0, 0.1) is 0 Å². The number of unbranched alkanes of at least 4 members (excludes halogenated alkanes) is 20. The molecule has 62 heavy (non-hydrogen) atoms. The van der Waals surface area contributed by atoms with E-state index in [0.717, 1.165) is 89.9 Å². The first kappa shape index (κ1) is 58.1. The number of hydrogen-bond acceptors (Lipinski definition) is 6. The third-order valence-electron chi connectivity index (χ3n) is 10.2. The molecule has 0 spiro atoms. The summed E-state index contributed by atoms with van der Waals surface area (Å²) in [7, 11) is 0. The second kappa shape index (κ2) is 49.7. The molecule has 6 nitrogen and oxygen atoms in total. The van der Waals surface area contributed by atoms with Crippen molar-refractivity contribution >= 4 is 17.9 Å². The highest BCUT2D eigenvalue weighted by Crippen LogP contribution is 2.12. The van der Waals surface area contributed by atoms with E-state index in [9.17, 15) is 14.4 Å². The summed E-state index contributed by atoms with van der Waals surface area (Å²) in [5.74, 6) is -1.04. The maximum atomic E-state index is 12.7. The third-order valence-corrected chi connectivity index (χ3v) is 10.2. The van der Waals surface area contributed by atoms with Gasteiger partial charge in [-0.2, -0.15) is 0 Å². The van der Waals surface area contributed by atoms with Crippen molar-refractivity contribution in [2.75, 3.05) is 13.2 Å². The highest BCUT2D eigenvalue weighted by molar-refractivity contribution is 5.71. The maximum absolute atomic E-state index is 12.7. The first-order valence-corrected chi connectivity index (χ1v) is 25.0. The van der Waals surface area contributed by atoms with Gasteiger partial charge in [0.05, 0.1) is 0 Å². The van der Waals surface area contributed by atoms with Crippen LogP contribution in [-0.4, -0.2) is 37.2 Å². The van der Waals surface area contributed by atoms with E-state index in [4.69, 9.17) is 14.2 Å². The Balaban J connectivity index is 4.54. The van der Waals surface area contributed by atoms with Crippen LogP contribution in [0.1, 0.15) is 207 Å². The van der Waals surface area contributed by atoms with Crippen LogP contribution in [0.5, 0.6) is 0 Å². The van der Waals surface area contributed by atoms with Crippen molar-refractivity contribution in [1.29, 1.82) is 0 Å². The molecular weight excluding hydrogens is 769 g/mol. The molecule has 0 heterocycles. The van der Waals surface area contributed by atoms with Gasteiger partial charge in [-0.15, -0.1) is 0 Å². The quantitative estimate of drug-likeness (QED) is 0.0200. The summed E-state index contributed by atoms with van der Waals surface area (Å²) in [6.45, 7) is 6.35. The summed E-state index contributed by atoms with van der Waals surface area (Å²) in [6.07, 6.45) is 66.5. The van der Waals surface area contributed by atoms with Crippen molar-refractivity contribution in [3.63, 3.8) is 0 Å². The summed E-state index contributed by atoms with van der Waals surface area (Å²) >= 11 is 0. The predicted octanol–water partition coefficient (Wildman–Crippen LogP) is 16.4. The van der Waals surface area contributed by atoms with E-state index in [1.54, 1.807) is 0 Å². The minimum atomic E-state index is -0.830. The van der Waals surface area contributed by atoms with E-state index in [2.05, 4.69) is 75.5 Å². The van der Waals surface area contributed by atoms with Crippen LogP contribution >= 0.6 is 0 Å². The number of ether oxygens (including phenoxy) is 3. The molecule has 0 aliphatic heterocycles. The van der Waals surface area contributed by atoms with Crippen LogP contribution in [0.4, 0.5) is 0 Å². The molecule has 0 N–H and O–H groups in total. The van der Waals surface area contributed by atoms with E-state index in [-0.39, 0.29) is 31.6 Å². The standard InChI is InChI=1S/C56H90O6/c1-4-7-10-13-16-19-22-25-26-27-28-29-32-34-37-40-43-46-49-55(58)61-52-53(62-56(59)50-47-44-41-38-35-31-24-21-18-15-12-9-6-3)51-60-54(57)48-45-42-39-36-33-30-23-20-17-14-11-8-5-2/h9,12,15,18,21-22,24-31,33,35,38,41,53H,4-8,10-11,13-14,16-17,19-20,23,32,34,36-37,39-40,42-52H2,1-3H3/b12-9-,18-15-,24-21-,25-22-,27-26-,29-28-,33-30-,35-31-,41-38-. The molecule has 0 aliphatic carbocycles. The molecule has 0 aliphatic rings. The zero-order chi connectivity index (χ0) is 45.1. The van der Waals surface area contributed by atoms with Crippen molar-refractivity contribution in [1.82, 2.24) is 0 Å². The lowest BCUT2D eigenvalue weighted by Crippen LogP contribution is -2.30. The largest absolute Gasteiger partial charge is 0.462 e. The fourth-order valence-corrected chi connectivity index (χ4v) is 6.41. The van der Waals surface area contributed by atoms with Crippen LogP contribution in [0.2, 0.25) is 0 Å². The van der Waals surface area contributed by atoms with Gasteiger partial charge in [0.25, 0.3) is 0 Å². The summed E-state index contributed by atoms with van der Waals surface area (Å²) < 4.78 is 16.7. The third kappa shape index (κ3) is 47.1. The van der Waals surface area contributed by atoms with Gasteiger partial charge < -0.3 is 14.2 Å². The van der Waals surface area contributed by atoms with Gasteiger partial charge in [0.15, 0.2) is 6.10 Å². The normalized spacial score (nSPS) is 13.0. The molecule has 350 valence electrons. The van der Waals surface area contributed by atoms with Gasteiger partial charge in [0.1, 0.15) is 13.2 Å². The average molecular weight is 859 g/mol. The number of esters is 3. The van der Waals surface area contributed by atoms with Crippen molar-refractivity contribution in [2.24, 2.45) is 0 Å². The van der Waals surface area contributed by atoms with Crippen molar-refractivity contribution in [3.05, 3.63) is 109 Å². The first-order valence-electron chi connectivity index (χ1n) is 25.0. The average Bonchev–Trinajstić information content (AvgIpc) is 3.27. The molecule has 0 aromatic carbocycles. The number of carbonyl (C=O) groups excluding carboxylic acids is 3. The Bertz CT molecular complexity index is 1310. The Morgan fingerprint density at radius 3 is 1.10 bits per heavy atom. The minimum absolute atomic E-state index is 0.124. The Morgan fingerprint density at radius 2 is 0.661 bits per heavy atom. The zero-order valence-corrected chi connectivity index (χ0v) is 39.8. The molecule has 6 heteroatoms. The molecule has 1 unspecified atom stereocenters. The van der Waals surface area contributed by atoms with Gasteiger partial charge in [0.2, 0.25) is 0 Å². The fourth-order valence-electron chi connectivity index (χ4n) is 6.41. The molecule has 1 atom stereocenters. The van der Waals surface area contributed by atoms with Crippen LogP contribution in [0.3, 0.4) is 0 Å². The Labute approximate surface area is 380 Å². The lowest BCUT2D eigenvalue weighted by Gasteiger charge is -2.18. The van der Waals surface area contributed by atoms with Gasteiger partial charge in [-0.3, -0.25) is 14.4 Å². The summed E-state index contributed by atoms with van der Waals surface area (Å²) in [5, 5.41) is 0. The van der Waals surface area contributed by atoms with Crippen LogP contribution in [-0.2, 0) is 28.6 Å². The van der Waals surface area contributed by atoms with Crippen LogP contribution < -0.4 is 0 Å². The second-order valence-electron chi connectivity index (χ2n) is 16.2. The number of rotatable bonds is 43. The summed E-state index contributed by atoms with van der Waals surface area (Å²) in [5.41, 5.74) is 0. The molecule has 0 amide bonds. The predicted molar refractivity (Wildman–Crippen MR) is 265 cm³/mol. The van der Waals surface area contributed by atoms with Crippen molar-refractivity contribution < 1.29 is 28.6 Å². The molecule has 0 aromatic rings. The molecule has 0 rings (SSSR count). The highest BCUT2D eigenvalue weighted by Gasteiger charge is 2.19. The monoisotopic (exact) mass is 859 g/mol. The minimum Gasteiger partial charge on any atom is -0.462 e. The maximum Gasteiger partial charge on any atom is 0.306 e. The van der Waals surface area contributed by atoms with Crippen LogP contribution in [0.25, 0.3) is 0 Å². The molecule has 0 saturated carbocycles. The highest BCUT2D eigenvalue weighted by atomic mass is 16.6. The van der Waals surface area contributed by atoms with E-state index in [1.807, 2.05) is 54.7 Å². The van der Waals surface area contributed by atoms with Gasteiger partial charge in [-0.05, 0) is 83.5 Å². The van der Waals surface area contributed by atoms with E-state index < -0.39 is 12.1 Å². The Morgan fingerprint density at radius 1 is 0.339 bits per heavy atom. The van der Waals surface area contributed by atoms with Crippen molar-refractivity contribution in [2.45, 2.75) is 213 Å². The lowest BCUT2D eigenvalue weighted by atomic mass is 10.1. The molecule has 0 bridgehead atoms. The Kier molecular flexibility index (Phi) is 46.6. The summed E-state index contributed by atoms with van der Waals surface area (Å²) in [6, 6.07) is 0. The van der Waals surface area contributed by atoms with Gasteiger partial charge in [-0.25, -0.2) is 0 Å². The molecule has 0 saturated heterocycles. The molecule has 0 aromatic heterocycles. The smallest absolute Gasteiger partial charge is 0.306 e. The number of allylic oxidation sites excluding steroid dienone is 18.